The second-order valence-corrected chi connectivity index (χ2v) is 9.85. The molecule has 10 nitrogen and oxygen atoms in total. The first-order valence-electron chi connectivity index (χ1n) is 11.9. The minimum atomic E-state index is -0.597. The second kappa shape index (κ2) is 7.99. The first-order valence-corrected chi connectivity index (χ1v) is 11.9. The van der Waals surface area contributed by atoms with Crippen molar-refractivity contribution < 1.29 is 19.4 Å². The van der Waals surface area contributed by atoms with Crippen molar-refractivity contribution >= 4 is 11.9 Å². The van der Waals surface area contributed by atoms with E-state index >= 15 is 0 Å². The highest BCUT2D eigenvalue weighted by atomic mass is 16.5. The molecule has 1 aromatic heterocycles. The van der Waals surface area contributed by atoms with Gasteiger partial charge in [-0.2, -0.15) is 4.68 Å². The summed E-state index contributed by atoms with van der Waals surface area (Å²) in [6.07, 6.45) is 3.38. The number of fused-ring (bicyclic) bond motifs is 3. The molecule has 0 bridgehead atoms. The average molecular weight is 465 g/mol. The smallest absolute Gasteiger partial charge is 0.336 e. The normalized spacial score (nSPS) is 22.8. The molecule has 1 spiro atoms. The number of ether oxygens (including phenoxy) is 1. The number of aliphatic hydroxyl groups excluding tert-OH is 1. The zero-order valence-electron chi connectivity index (χ0n) is 19.2. The fraction of sp³-hybridized carbons (Fsp3) is 0.542. The topological polar surface area (TPSA) is 114 Å². The van der Waals surface area contributed by atoms with Crippen LogP contribution < -0.4 is 0 Å². The molecule has 2 fully saturated rings. The van der Waals surface area contributed by atoms with Gasteiger partial charge >= 0.3 is 5.97 Å². The first kappa shape index (κ1) is 21.4. The number of cyclic esters (lactones) is 1. The standard InChI is InChI=1S/C24H28N6O4/c1-15-19(14-34-22(15)32)29-11-8-24(23(29)33)6-9-28(10-7-24)13-20(31)17-2-4-18-16(12-17)3-5-21-25-26-27-30(18)21/h2,4,12,20,31H,3,5-11,13-14H2,1H3/t20-/m0/s1. The summed E-state index contributed by atoms with van der Waals surface area (Å²) in [5, 5.41) is 22.9. The molecule has 10 heteroatoms. The van der Waals surface area contributed by atoms with Crippen molar-refractivity contribution in [3.63, 3.8) is 0 Å². The number of hydrogen-bond donors (Lipinski definition) is 1. The van der Waals surface area contributed by atoms with Gasteiger partial charge in [-0.1, -0.05) is 12.1 Å². The van der Waals surface area contributed by atoms with Gasteiger partial charge in [0.2, 0.25) is 5.91 Å². The molecule has 178 valence electrons. The maximum Gasteiger partial charge on any atom is 0.336 e. The van der Waals surface area contributed by atoms with E-state index in [2.05, 4.69) is 26.5 Å². The Morgan fingerprint density at radius 2 is 1.94 bits per heavy atom. The molecule has 34 heavy (non-hydrogen) atoms. The van der Waals surface area contributed by atoms with E-state index in [1.54, 1.807) is 16.5 Å². The number of benzene rings is 1. The maximum absolute atomic E-state index is 13.3. The largest absolute Gasteiger partial charge is 0.456 e. The molecule has 5 heterocycles. The lowest BCUT2D eigenvalue weighted by molar-refractivity contribution is -0.138. The van der Waals surface area contributed by atoms with Crippen molar-refractivity contribution in [2.75, 3.05) is 32.8 Å². The van der Waals surface area contributed by atoms with Gasteiger partial charge in [-0.3, -0.25) is 4.79 Å². The summed E-state index contributed by atoms with van der Waals surface area (Å²) in [4.78, 5) is 29.1. The molecule has 0 radical (unpaired) electrons. The van der Waals surface area contributed by atoms with Crippen molar-refractivity contribution in [1.82, 2.24) is 30.0 Å². The van der Waals surface area contributed by atoms with E-state index in [1.165, 1.54) is 0 Å². The van der Waals surface area contributed by atoms with Gasteiger partial charge in [0.05, 0.1) is 28.5 Å². The number of amides is 1. The Morgan fingerprint density at radius 3 is 2.71 bits per heavy atom. The minimum absolute atomic E-state index is 0.122. The zero-order chi connectivity index (χ0) is 23.4. The monoisotopic (exact) mass is 464 g/mol. The van der Waals surface area contributed by atoms with Gasteiger partial charge in [0.15, 0.2) is 5.82 Å². The van der Waals surface area contributed by atoms with Crippen LogP contribution in [0.1, 0.15) is 49.2 Å². The van der Waals surface area contributed by atoms with Gasteiger partial charge in [0, 0.05) is 19.5 Å². The highest BCUT2D eigenvalue weighted by molar-refractivity contribution is 5.94. The number of likely N-dealkylation sites (tertiary alicyclic amines) is 2. The van der Waals surface area contributed by atoms with Crippen LogP contribution in [0.2, 0.25) is 0 Å². The molecule has 0 aliphatic carbocycles. The number of aliphatic hydroxyl groups is 1. The highest BCUT2D eigenvalue weighted by Crippen LogP contribution is 2.44. The van der Waals surface area contributed by atoms with Gasteiger partial charge < -0.3 is 19.6 Å². The molecule has 1 atom stereocenters. The number of aryl methyl sites for hydroxylation is 2. The van der Waals surface area contributed by atoms with Crippen LogP contribution in [-0.4, -0.2) is 79.8 Å². The summed E-state index contributed by atoms with van der Waals surface area (Å²) in [7, 11) is 0. The first-order chi connectivity index (χ1) is 16.4. The van der Waals surface area contributed by atoms with Crippen LogP contribution in [0, 0.1) is 5.41 Å². The molecule has 0 saturated carbocycles. The number of piperidine rings is 1. The lowest BCUT2D eigenvalue weighted by Gasteiger charge is -2.38. The van der Waals surface area contributed by atoms with E-state index < -0.39 is 6.10 Å². The second-order valence-electron chi connectivity index (χ2n) is 9.85. The van der Waals surface area contributed by atoms with Crippen LogP contribution in [-0.2, 0) is 27.2 Å². The molecule has 6 rings (SSSR count). The molecule has 1 aromatic carbocycles. The predicted molar refractivity (Wildman–Crippen MR) is 120 cm³/mol. The zero-order valence-corrected chi connectivity index (χ0v) is 19.2. The van der Waals surface area contributed by atoms with Crippen molar-refractivity contribution in [2.45, 2.75) is 45.1 Å². The molecular formula is C24H28N6O4. The minimum Gasteiger partial charge on any atom is -0.456 e. The third-order valence-corrected chi connectivity index (χ3v) is 8.03. The van der Waals surface area contributed by atoms with E-state index in [0.717, 1.165) is 73.5 Å². The lowest BCUT2D eigenvalue weighted by atomic mass is 9.77. The van der Waals surface area contributed by atoms with Crippen LogP contribution >= 0.6 is 0 Å². The van der Waals surface area contributed by atoms with Crippen LogP contribution in [0.25, 0.3) is 5.69 Å². The average Bonchev–Trinajstić information content (AvgIpc) is 3.54. The summed E-state index contributed by atoms with van der Waals surface area (Å²) < 4.78 is 6.88. The number of esters is 1. The number of tetrazole rings is 1. The van der Waals surface area contributed by atoms with Gasteiger partial charge in [0.1, 0.15) is 6.61 Å². The maximum atomic E-state index is 13.3. The third kappa shape index (κ3) is 3.35. The Bertz CT molecular complexity index is 1200. The van der Waals surface area contributed by atoms with Crippen molar-refractivity contribution in [2.24, 2.45) is 5.41 Å². The quantitative estimate of drug-likeness (QED) is 0.665. The van der Waals surface area contributed by atoms with Crippen LogP contribution in [0.5, 0.6) is 0 Å². The van der Waals surface area contributed by atoms with Gasteiger partial charge in [-0.25, -0.2) is 4.79 Å². The number of carbonyl (C=O) groups is 2. The third-order valence-electron chi connectivity index (χ3n) is 8.03. The Kier molecular flexibility index (Phi) is 5.03. The Morgan fingerprint density at radius 1 is 1.15 bits per heavy atom. The molecule has 2 aromatic rings. The van der Waals surface area contributed by atoms with E-state index in [9.17, 15) is 14.7 Å². The fourth-order valence-electron chi connectivity index (χ4n) is 5.82. The fourth-order valence-corrected chi connectivity index (χ4v) is 5.82. The van der Waals surface area contributed by atoms with Gasteiger partial charge in [0.25, 0.3) is 0 Å². The van der Waals surface area contributed by atoms with Crippen molar-refractivity contribution in [3.8, 4) is 5.69 Å². The van der Waals surface area contributed by atoms with Crippen LogP contribution in [0.4, 0.5) is 0 Å². The van der Waals surface area contributed by atoms with E-state index in [4.69, 9.17) is 4.74 Å². The molecular weight excluding hydrogens is 436 g/mol. The van der Waals surface area contributed by atoms with E-state index in [0.29, 0.717) is 18.7 Å². The summed E-state index contributed by atoms with van der Waals surface area (Å²) >= 11 is 0. The molecule has 4 aliphatic heterocycles. The number of rotatable bonds is 4. The van der Waals surface area contributed by atoms with E-state index in [1.807, 2.05) is 12.1 Å². The highest BCUT2D eigenvalue weighted by Gasteiger charge is 2.50. The number of β-amino-alcohol motifs (C(OH)–C–C–N with tert-alkyl or cyclic N) is 1. The van der Waals surface area contributed by atoms with Gasteiger partial charge in [-0.15, -0.1) is 5.10 Å². The molecule has 4 aliphatic rings. The number of aromatic nitrogens is 4. The molecule has 2 saturated heterocycles. The SMILES string of the molecule is CC1=C(N2CCC3(CCN(C[C@H](O)c4ccc5c(c4)CCc4nnnn4-5)CC3)C2=O)COC1=O. The molecule has 1 amide bonds. The van der Waals surface area contributed by atoms with Crippen molar-refractivity contribution in [1.29, 1.82) is 0 Å². The van der Waals surface area contributed by atoms with Crippen LogP contribution in [0.15, 0.2) is 29.5 Å². The number of hydrogen-bond acceptors (Lipinski definition) is 8. The summed E-state index contributed by atoms with van der Waals surface area (Å²) in [5.41, 5.74) is 3.93. The number of carbonyl (C=O) groups excluding carboxylic acids is 2. The van der Waals surface area contributed by atoms with Crippen LogP contribution in [0.3, 0.4) is 0 Å². The molecule has 1 N–H and O–H groups in total. The molecule has 0 unspecified atom stereocenters. The Labute approximate surface area is 197 Å². The van der Waals surface area contributed by atoms with Crippen molar-refractivity contribution in [3.05, 3.63) is 46.4 Å². The van der Waals surface area contributed by atoms with E-state index in [-0.39, 0.29) is 23.9 Å². The summed E-state index contributed by atoms with van der Waals surface area (Å²) in [5.74, 6) is 0.659. The summed E-state index contributed by atoms with van der Waals surface area (Å²) in [6.45, 7) is 4.64. The Balaban J connectivity index is 1.09. The number of nitrogens with zero attached hydrogens (tertiary/aromatic N) is 6. The Hall–Kier alpha value is -3.11. The summed E-state index contributed by atoms with van der Waals surface area (Å²) in [6, 6.07) is 6.00. The van der Waals surface area contributed by atoms with Gasteiger partial charge in [-0.05, 0) is 73.3 Å². The predicted octanol–water partition coefficient (Wildman–Crippen LogP) is 0.940. The lowest BCUT2D eigenvalue weighted by Crippen LogP contribution is -2.45.